The second kappa shape index (κ2) is 3.45. The van der Waals surface area contributed by atoms with Gasteiger partial charge in [0.1, 0.15) is 11.5 Å². The highest BCUT2D eigenvalue weighted by Crippen LogP contribution is 2.24. The first-order valence-corrected chi connectivity index (χ1v) is 4.99. The molecule has 0 bridgehead atoms. The fourth-order valence-electron chi connectivity index (χ4n) is 1.91. The molecule has 2 rings (SSSR count). The minimum atomic E-state index is 0.150. The fraction of sp³-hybridized carbons (Fsp3) is 0.417. The predicted molar refractivity (Wildman–Crippen MR) is 54.4 cm³/mol. The minimum absolute atomic E-state index is 0.150. The van der Waals surface area contributed by atoms with E-state index in [0.29, 0.717) is 0 Å². The van der Waals surface area contributed by atoms with Crippen molar-refractivity contribution >= 4 is 5.78 Å². The Morgan fingerprint density at radius 2 is 2.21 bits per heavy atom. The van der Waals surface area contributed by atoms with Crippen molar-refractivity contribution in [2.75, 3.05) is 0 Å². The zero-order chi connectivity index (χ0) is 10.1. The highest BCUT2D eigenvalue weighted by molar-refractivity contribution is 6.09. The zero-order valence-electron chi connectivity index (χ0n) is 8.59. The van der Waals surface area contributed by atoms with E-state index in [0.717, 1.165) is 41.9 Å². The third kappa shape index (κ3) is 1.52. The number of hydrogen-bond acceptors (Lipinski definition) is 2. The summed E-state index contributed by atoms with van der Waals surface area (Å²) >= 11 is 0. The average Bonchev–Trinajstić information content (AvgIpc) is 2.73. The van der Waals surface area contributed by atoms with Crippen LogP contribution in [0.2, 0.25) is 0 Å². The summed E-state index contributed by atoms with van der Waals surface area (Å²) in [6.45, 7) is 3.71. The predicted octanol–water partition coefficient (Wildman–Crippen LogP) is 3.19. The summed E-state index contributed by atoms with van der Waals surface area (Å²) in [5.41, 5.74) is 1.68. The van der Waals surface area contributed by atoms with Gasteiger partial charge in [0, 0.05) is 0 Å². The maximum Gasteiger partial charge on any atom is 0.192 e. The average molecular weight is 190 g/mol. The lowest BCUT2D eigenvalue weighted by Gasteiger charge is -1.98. The van der Waals surface area contributed by atoms with E-state index >= 15 is 0 Å². The Balaban J connectivity index is 2.30. The molecule has 0 fully saturated rings. The van der Waals surface area contributed by atoms with E-state index in [4.69, 9.17) is 4.42 Å². The normalized spacial score (nSPS) is 15.7. The van der Waals surface area contributed by atoms with Crippen LogP contribution in [-0.4, -0.2) is 5.78 Å². The molecule has 0 aliphatic heterocycles. The molecule has 0 saturated heterocycles. The Morgan fingerprint density at radius 3 is 2.71 bits per heavy atom. The smallest absolute Gasteiger partial charge is 0.192 e. The van der Waals surface area contributed by atoms with E-state index in [1.54, 1.807) is 0 Å². The number of carbonyl (C=O) groups excluding carboxylic acids is 1. The molecular formula is C12H14O2. The first-order valence-electron chi connectivity index (χ1n) is 4.99. The molecule has 0 spiro atoms. The first kappa shape index (κ1) is 9.25. The van der Waals surface area contributed by atoms with Crippen molar-refractivity contribution in [3.63, 3.8) is 0 Å². The van der Waals surface area contributed by atoms with Gasteiger partial charge < -0.3 is 4.42 Å². The Bertz CT molecular complexity index is 396. The second-order valence-electron chi connectivity index (χ2n) is 3.78. The van der Waals surface area contributed by atoms with Crippen LogP contribution in [0.3, 0.4) is 0 Å². The number of aryl methyl sites for hydroxylation is 2. The lowest BCUT2D eigenvalue weighted by molar-refractivity contribution is 0.103. The van der Waals surface area contributed by atoms with E-state index in [-0.39, 0.29) is 5.78 Å². The quantitative estimate of drug-likeness (QED) is 0.670. The molecule has 0 saturated carbocycles. The van der Waals surface area contributed by atoms with Crippen molar-refractivity contribution in [3.8, 4) is 0 Å². The van der Waals surface area contributed by atoms with Crippen LogP contribution < -0.4 is 0 Å². The number of furan rings is 1. The number of allylic oxidation sites excluding steroid dienone is 2. The molecule has 1 aliphatic rings. The van der Waals surface area contributed by atoms with Crippen LogP contribution >= 0.6 is 0 Å². The van der Waals surface area contributed by atoms with Gasteiger partial charge >= 0.3 is 0 Å². The van der Waals surface area contributed by atoms with Gasteiger partial charge in [0.15, 0.2) is 5.78 Å². The molecule has 1 aliphatic carbocycles. The van der Waals surface area contributed by atoms with Crippen molar-refractivity contribution in [1.82, 2.24) is 0 Å². The van der Waals surface area contributed by atoms with Crippen LogP contribution in [0.5, 0.6) is 0 Å². The number of carbonyl (C=O) groups is 1. The van der Waals surface area contributed by atoms with Gasteiger partial charge in [0.25, 0.3) is 0 Å². The monoisotopic (exact) mass is 190 g/mol. The molecular weight excluding hydrogens is 176 g/mol. The maximum atomic E-state index is 12.0. The molecule has 2 nitrogen and oxygen atoms in total. The van der Waals surface area contributed by atoms with Crippen LogP contribution in [0.15, 0.2) is 22.1 Å². The standard InChI is InChI=1S/C12H14O2/c1-8-7-11(9(2)14-8)12(13)10-5-3-4-6-10/h5,7H,3-4,6H2,1-2H3. The van der Waals surface area contributed by atoms with Gasteiger partial charge in [-0.2, -0.15) is 0 Å². The summed E-state index contributed by atoms with van der Waals surface area (Å²) in [7, 11) is 0. The van der Waals surface area contributed by atoms with E-state index in [1.165, 1.54) is 0 Å². The minimum Gasteiger partial charge on any atom is -0.466 e. The van der Waals surface area contributed by atoms with Crippen LogP contribution in [-0.2, 0) is 0 Å². The van der Waals surface area contributed by atoms with Crippen molar-refractivity contribution in [1.29, 1.82) is 0 Å². The lowest BCUT2D eigenvalue weighted by atomic mass is 10.0. The zero-order valence-corrected chi connectivity index (χ0v) is 8.59. The van der Waals surface area contributed by atoms with Crippen molar-refractivity contribution in [2.45, 2.75) is 33.1 Å². The maximum absolute atomic E-state index is 12.0. The highest BCUT2D eigenvalue weighted by Gasteiger charge is 2.19. The van der Waals surface area contributed by atoms with Crippen molar-refractivity contribution in [2.24, 2.45) is 0 Å². The summed E-state index contributed by atoms with van der Waals surface area (Å²) in [6.07, 6.45) is 5.11. The van der Waals surface area contributed by atoms with Gasteiger partial charge in [0.05, 0.1) is 5.56 Å². The van der Waals surface area contributed by atoms with E-state index < -0.39 is 0 Å². The number of rotatable bonds is 2. The molecule has 0 atom stereocenters. The molecule has 0 aromatic carbocycles. The molecule has 0 unspecified atom stereocenters. The van der Waals surface area contributed by atoms with Crippen LogP contribution in [0.4, 0.5) is 0 Å². The van der Waals surface area contributed by atoms with E-state index in [9.17, 15) is 4.79 Å². The molecule has 0 amide bonds. The summed E-state index contributed by atoms with van der Waals surface area (Å²) in [6, 6.07) is 1.83. The fourth-order valence-corrected chi connectivity index (χ4v) is 1.91. The van der Waals surface area contributed by atoms with Gasteiger partial charge in [-0.1, -0.05) is 6.08 Å². The number of hydrogen-bond donors (Lipinski definition) is 0. The highest BCUT2D eigenvalue weighted by atomic mass is 16.3. The number of Topliss-reactive ketones (excluding diaryl/α,β-unsaturated/α-hetero) is 1. The van der Waals surface area contributed by atoms with E-state index in [2.05, 4.69) is 0 Å². The Labute approximate surface area is 83.6 Å². The molecule has 14 heavy (non-hydrogen) atoms. The molecule has 0 radical (unpaired) electrons. The first-order chi connectivity index (χ1) is 6.68. The van der Waals surface area contributed by atoms with Crippen molar-refractivity contribution < 1.29 is 9.21 Å². The summed E-state index contributed by atoms with van der Waals surface area (Å²) in [4.78, 5) is 12.0. The summed E-state index contributed by atoms with van der Waals surface area (Å²) in [5.74, 6) is 1.70. The van der Waals surface area contributed by atoms with Gasteiger partial charge in [-0.15, -0.1) is 0 Å². The van der Waals surface area contributed by atoms with Gasteiger partial charge in [-0.25, -0.2) is 0 Å². The van der Waals surface area contributed by atoms with Gasteiger partial charge in [0.2, 0.25) is 0 Å². The Kier molecular flexibility index (Phi) is 2.28. The lowest BCUT2D eigenvalue weighted by Crippen LogP contribution is -2.01. The summed E-state index contributed by atoms with van der Waals surface area (Å²) < 4.78 is 5.35. The second-order valence-corrected chi connectivity index (χ2v) is 3.78. The topological polar surface area (TPSA) is 30.2 Å². The Morgan fingerprint density at radius 1 is 1.43 bits per heavy atom. The largest absolute Gasteiger partial charge is 0.466 e. The van der Waals surface area contributed by atoms with Crippen LogP contribution in [0.1, 0.15) is 41.1 Å². The van der Waals surface area contributed by atoms with Gasteiger partial charge in [-0.3, -0.25) is 4.79 Å². The third-order valence-corrected chi connectivity index (χ3v) is 2.62. The number of ketones is 1. The van der Waals surface area contributed by atoms with Crippen LogP contribution in [0.25, 0.3) is 0 Å². The van der Waals surface area contributed by atoms with Crippen LogP contribution in [0, 0.1) is 13.8 Å². The molecule has 74 valence electrons. The van der Waals surface area contributed by atoms with Gasteiger partial charge in [-0.05, 0) is 44.7 Å². The molecule has 2 heteroatoms. The van der Waals surface area contributed by atoms with Crippen molar-refractivity contribution in [3.05, 3.63) is 34.8 Å². The van der Waals surface area contributed by atoms with E-state index in [1.807, 2.05) is 26.0 Å². The molecule has 0 N–H and O–H groups in total. The third-order valence-electron chi connectivity index (χ3n) is 2.62. The molecule has 1 aromatic rings. The Hall–Kier alpha value is -1.31. The summed E-state index contributed by atoms with van der Waals surface area (Å²) in [5, 5.41) is 0. The SMILES string of the molecule is Cc1cc(C(=O)C2=CCCC2)c(C)o1. The molecule has 1 heterocycles. The molecule has 1 aromatic heterocycles.